The van der Waals surface area contributed by atoms with E-state index in [0.717, 1.165) is 11.4 Å². The highest BCUT2D eigenvalue weighted by Crippen LogP contribution is 2.29. The molecule has 1 saturated heterocycles. The van der Waals surface area contributed by atoms with Crippen LogP contribution in [0.1, 0.15) is 5.56 Å². The Morgan fingerprint density at radius 2 is 2.30 bits per heavy atom. The van der Waals surface area contributed by atoms with E-state index in [1.807, 2.05) is 11.0 Å². The van der Waals surface area contributed by atoms with Gasteiger partial charge in [0.1, 0.15) is 18.4 Å². The zero-order valence-corrected chi connectivity index (χ0v) is 12.4. The molecule has 23 heavy (non-hydrogen) atoms. The minimum atomic E-state index is -0.308. The minimum absolute atomic E-state index is 0.201. The van der Waals surface area contributed by atoms with Crippen molar-refractivity contribution in [1.82, 2.24) is 9.55 Å². The van der Waals surface area contributed by atoms with E-state index in [9.17, 15) is 9.18 Å². The van der Waals surface area contributed by atoms with E-state index in [0.29, 0.717) is 38.8 Å². The molecule has 0 bridgehead atoms. The van der Waals surface area contributed by atoms with Gasteiger partial charge in [-0.05, 0) is 17.7 Å². The van der Waals surface area contributed by atoms with E-state index in [1.165, 1.54) is 12.1 Å². The number of benzene rings is 1. The van der Waals surface area contributed by atoms with Crippen LogP contribution in [0, 0.1) is 5.82 Å². The molecule has 120 valence electrons. The van der Waals surface area contributed by atoms with Gasteiger partial charge in [0.05, 0.1) is 25.8 Å². The van der Waals surface area contributed by atoms with Gasteiger partial charge >= 0.3 is 5.69 Å². The van der Waals surface area contributed by atoms with E-state index in [1.54, 1.807) is 16.7 Å². The van der Waals surface area contributed by atoms with Gasteiger partial charge in [0.25, 0.3) is 0 Å². The van der Waals surface area contributed by atoms with Gasteiger partial charge in [0, 0.05) is 12.5 Å². The van der Waals surface area contributed by atoms with Gasteiger partial charge in [0.15, 0.2) is 0 Å². The smallest absolute Gasteiger partial charge is 0.352 e. The lowest BCUT2D eigenvalue weighted by Crippen LogP contribution is -2.26. The van der Waals surface area contributed by atoms with Gasteiger partial charge in [0.2, 0.25) is 5.88 Å². The third-order valence-corrected chi connectivity index (χ3v) is 4.16. The largest absolute Gasteiger partial charge is 0.477 e. The van der Waals surface area contributed by atoms with Crippen molar-refractivity contribution in [3.8, 4) is 5.88 Å². The zero-order chi connectivity index (χ0) is 15.8. The normalized spacial score (nSPS) is 18.8. The summed E-state index contributed by atoms with van der Waals surface area (Å²) < 4.78 is 25.8. The van der Waals surface area contributed by atoms with E-state index >= 15 is 0 Å². The number of aromatic nitrogens is 2. The van der Waals surface area contributed by atoms with Crippen LogP contribution in [0.3, 0.4) is 0 Å². The number of hydrogen-bond donors (Lipinski definition) is 0. The van der Waals surface area contributed by atoms with Crippen LogP contribution in [0.15, 0.2) is 35.1 Å². The second-order valence-corrected chi connectivity index (χ2v) is 5.70. The fraction of sp³-hybridized carbons (Fsp3) is 0.375. The SMILES string of the molecule is O=c1nc(OCCc2cccc(F)c2)cc2n1C[C@H]1COCN21. The average Bonchev–Trinajstić information content (AvgIpc) is 3.09. The van der Waals surface area contributed by atoms with Crippen LogP contribution in [0.5, 0.6) is 5.88 Å². The summed E-state index contributed by atoms with van der Waals surface area (Å²) in [6.45, 7) is 2.04. The lowest BCUT2D eigenvalue weighted by molar-refractivity contribution is 0.189. The van der Waals surface area contributed by atoms with Crippen LogP contribution in [-0.4, -0.2) is 35.5 Å². The summed E-state index contributed by atoms with van der Waals surface area (Å²) in [7, 11) is 0. The first-order valence-electron chi connectivity index (χ1n) is 7.54. The molecule has 2 aliphatic rings. The number of nitrogens with zero attached hydrogens (tertiary/aromatic N) is 3. The summed E-state index contributed by atoms with van der Waals surface area (Å²) in [5.41, 5.74) is 0.536. The molecule has 0 radical (unpaired) electrons. The van der Waals surface area contributed by atoms with Crippen LogP contribution in [0.25, 0.3) is 0 Å². The number of anilines is 1. The second-order valence-electron chi connectivity index (χ2n) is 5.70. The summed E-state index contributed by atoms with van der Waals surface area (Å²) in [5, 5.41) is 0. The third kappa shape index (κ3) is 2.68. The van der Waals surface area contributed by atoms with Crippen LogP contribution in [0.2, 0.25) is 0 Å². The summed E-state index contributed by atoms with van der Waals surface area (Å²) in [6.07, 6.45) is 0.549. The summed E-state index contributed by atoms with van der Waals surface area (Å²) >= 11 is 0. The Bertz CT molecular complexity index is 792. The maximum atomic E-state index is 13.1. The number of rotatable bonds is 4. The first kappa shape index (κ1) is 14.2. The number of fused-ring (bicyclic) bond motifs is 3. The lowest BCUT2D eigenvalue weighted by Gasteiger charge is -2.15. The van der Waals surface area contributed by atoms with Crippen molar-refractivity contribution in [3.05, 3.63) is 52.2 Å². The molecular formula is C16H16FN3O3. The molecule has 7 heteroatoms. The maximum Gasteiger partial charge on any atom is 0.352 e. The Hall–Kier alpha value is -2.41. The van der Waals surface area contributed by atoms with Crippen LogP contribution in [-0.2, 0) is 17.7 Å². The van der Waals surface area contributed by atoms with E-state index in [-0.39, 0.29) is 17.5 Å². The molecule has 4 rings (SSSR count). The van der Waals surface area contributed by atoms with Crippen molar-refractivity contribution >= 4 is 5.82 Å². The zero-order valence-electron chi connectivity index (χ0n) is 12.4. The molecule has 6 nitrogen and oxygen atoms in total. The molecular weight excluding hydrogens is 301 g/mol. The molecule has 2 aromatic rings. The van der Waals surface area contributed by atoms with Crippen LogP contribution < -0.4 is 15.3 Å². The molecule has 0 saturated carbocycles. The lowest BCUT2D eigenvalue weighted by atomic mass is 10.2. The van der Waals surface area contributed by atoms with Gasteiger partial charge in [-0.1, -0.05) is 12.1 Å². The first-order valence-corrected chi connectivity index (χ1v) is 7.54. The van der Waals surface area contributed by atoms with Crippen LogP contribution in [0.4, 0.5) is 10.2 Å². The van der Waals surface area contributed by atoms with Crippen molar-refractivity contribution in [2.75, 3.05) is 24.8 Å². The van der Waals surface area contributed by atoms with Gasteiger partial charge in [-0.25, -0.2) is 9.18 Å². The molecule has 3 heterocycles. The molecule has 2 aliphatic heterocycles. The van der Waals surface area contributed by atoms with Crippen molar-refractivity contribution in [2.24, 2.45) is 0 Å². The molecule has 0 aliphatic carbocycles. The van der Waals surface area contributed by atoms with Crippen molar-refractivity contribution in [1.29, 1.82) is 0 Å². The summed E-state index contributed by atoms with van der Waals surface area (Å²) in [6, 6.07) is 8.35. The standard InChI is InChI=1S/C16H16FN3O3/c17-12-3-1-2-11(6-12)4-5-23-14-7-15-19(16(21)18-14)8-13-9-22-10-20(13)15/h1-3,6-7,13H,4-5,8-10H2/t13-/m0/s1. The molecule has 0 N–H and O–H groups in total. The topological polar surface area (TPSA) is 56.6 Å². The first-order chi connectivity index (χ1) is 11.2. The van der Waals surface area contributed by atoms with E-state index in [4.69, 9.17) is 9.47 Å². The Labute approximate surface area is 132 Å². The molecule has 0 unspecified atom stereocenters. The highest BCUT2D eigenvalue weighted by molar-refractivity contribution is 5.47. The average molecular weight is 317 g/mol. The third-order valence-electron chi connectivity index (χ3n) is 4.16. The van der Waals surface area contributed by atoms with Crippen molar-refractivity contribution in [3.63, 3.8) is 0 Å². The second kappa shape index (κ2) is 5.66. The Kier molecular flexibility index (Phi) is 3.49. The predicted molar refractivity (Wildman–Crippen MR) is 81.2 cm³/mol. The van der Waals surface area contributed by atoms with Gasteiger partial charge < -0.3 is 14.4 Å². The Morgan fingerprint density at radius 3 is 3.17 bits per heavy atom. The fourth-order valence-electron chi connectivity index (χ4n) is 3.02. The molecule has 1 aromatic carbocycles. The van der Waals surface area contributed by atoms with Crippen LogP contribution >= 0.6 is 0 Å². The Morgan fingerprint density at radius 1 is 1.39 bits per heavy atom. The molecule has 1 aromatic heterocycles. The van der Waals surface area contributed by atoms with Crippen molar-refractivity contribution in [2.45, 2.75) is 19.0 Å². The quantitative estimate of drug-likeness (QED) is 0.847. The van der Waals surface area contributed by atoms with E-state index in [2.05, 4.69) is 4.98 Å². The number of hydrogen-bond acceptors (Lipinski definition) is 5. The maximum absolute atomic E-state index is 13.1. The van der Waals surface area contributed by atoms with Gasteiger partial charge in [-0.3, -0.25) is 4.57 Å². The van der Waals surface area contributed by atoms with Gasteiger partial charge in [-0.2, -0.15) is 4.98 Å². The van der Waals surface area contributed by atoms with E-state index < -0.39 is 0 Å². The summed E-state index contributed by atoms with van der Waals surface area (Å²) in [5.74, 6) is 0.815. The number of ether oxygens (including phenoxy) is 2. The minimum Gasteiger partial charge on any atom is -0.477 e. The molecule has 1 fully saturated rings. The fourth-order valence-corrected chi connectivity index (χ4v) is 3.02. The highest BCUT2D eigenvalue weighted by Gasteiger charge is 2.35. The van der Waals surface area contributed by atoms with Crippen molar-refractivity contribution < 1.29 is 13.9 Å². The van der Waals surface area contributed by atoms with Gasteiger partial charge in [-0.15, -0.1) is 0 Å². The number of halogens is 1. The molecule has 0 amide bonds. The molecule has 1 atom stereocenters. The molecule has 0 spiro atoms. The monoisotopic (exact) mass is 317 g/mol. The predicted octanol–water partition coefficient (Wildman–Crippen LogP) is 1.18. The highest BCUT2D eigenvalue weighted by atomic mass is 19.1. The summed E-state index contributed by atoms with van der Waals surface area (Å²) in [4.78, 5) is 18.1. The Balaban J connectivity index is 1.47.